The van der Waals surface area contributed by atoms with Crippen molar-refractivity contribution in [1.29, 1.82) is 0 Å². The number of carbonyl (C=O) groups is 4. The maximum Gasteiger partial charge on any atom is 0.319 e. The molecule has 0 saturated heterocycles. The van der Waals surface area contributed by atoms with E-state index >= 15 is 0 Å². The molecule has 4 amide bonds. The standard InChI is InChI=1S/C33H29ClN4O4/c1-21-8-7-10-25(18-21)35-33(42)36-27-19-37(31(40)23-14-16-24(34)17-15-23)28-12-5-6-13-29(28)38(32(27)41)20-30(39)26-11-4-3-9-22(26)2/h3-18,27H,19-20H2,1-2H3,(H2,35,36,42). The summed E-state index contributed by atoms with van der Waals surface area (Å²) in [6.45, 7) is 3.30. The average molecular weight is 581 g/mol. The van der Waals surface area contributed by atoms with Crippen LogP contribution in [-0.2, 0) is 4.79 Å². The van der Waals surface area contributed by atoms with Crippen molar-refractivity contribution in [2.24, 2.45) is 0 Å². The summed E-state index contributed by atoms with van der Waals surface area (Å²) >= 11 is 6.05. The molecule has 0 saturated carbocycles. The molecule has 1 heterocycles. The monoisotopic (exact) mass is 580 g/mol. The van der Waals surface area contributed by atoms with Crippen LogP contribution in [0.2, 0.25) is 5.02 Å². The Morgan fingerprint density at radius 2 is 1.55 bits per heavy atom. The SMILES string of the molecule is Cc1cccc(NC(=O)NC2CN(C(=O)c3ccc(Cl)cc3)c3ccccc3N(CC(=O)c3ccccc3C)C2=O)c1. The highest BCUT2D eigenvalue weighted by atomic mass is 35.5. The van der Waals surface area contributed by atoms with Gasteiger partial charge in [-0.15, -0.1) is 0 Å². The predicted octanol–water partition coefficient (Wildman–Crippen LogP) is 6.02. The number of para-hydroxylation sites is 2. The van der Waals surface area contributed by atoms with Crippen LogP contribution in [0.4, 0.5) is 21.9 Å². The van der Waals surface area contributed by atoms with Gasteiger partial charge in [-0.05, 0) is 73.5 Å². The summed E-state index contributed by atoms with van der Waals surface area (Å²) in [5, 5.41) is 5.98. The van der Waals surface area contributed by atoms with E-state index in [4.69, 9.17) is 11.6 Å². The van der Waals surface area contributed by atoms with E-state index in [1.807, 2.05) is 38.1 Å². The van der Waals surface area contributed by atoms with Crippen molar-refractivity contribution in [2.75, 3.05) is 28.2 Å². The Morgan fingerprint density at radius 1 is 0.857 bits per heavy atom. The summed E-state index contributed by atoms with van der Waals surface area (Å²) < 4.78 is 0. The van der Waals surface area contributed by atoms with Gasteiger partial charge in [0.15, 0.2) is 5.78 Å². The van der Waals surface area contributed by atoms with E-state index in [1.54, 1.807) is 72.8 Å². The number of carbonyl (C=O) groups excluding carboxylic acids is 4. The number of rotatable bonds is 6. The molecule has 1 aliphatic heterocycles. The first kappa shape index (κ1) is 28.6. The van der Waals surface area contributed by atoms with Crippen molar-refractivity contribution in [2.45, 2.75) is 19.9 Å². The third kappa shape index (κ3) is 6.19. The number of Topliss-reactive ketones (excluding diaryl/α,β-unsaturated/α-hetero) is 1. The molecule has 5 rings (SSSR count). The summed E-state index contributed by atoms with van der Waals surface area (Å²) in [5.74, 6) is -1.17. The molecule has 42 heavy (non-hydrogen) atoms. The van der Waals surface area contributed by atoms with E-state index in [0.29, 0.717) is 33.2 Å². The van der Waals surface area contributed by atoms with Crippen LogP contribution in [0, 0.1) is 13.8 Å². The lowest BCUT2D eigenvalue weighted by molar-refractivity contribution is -0.119. The number of nitrogens with zero attached hydrogens (tertiary/aromatic N) is 2. The number of hydrogen-bond donors (Lipinski definition) is 2. The van der Waals surface area contributed by atoms with Crippen LogP contribution in [-0.4, -0.2) is 42.8 Å². The van der Waals surface area contributed by atoms with Crippen LogP contribution < -0.4 is 20.4 Å². The summed E-state index contributed by atoms with van der Waals surface area (Å²) in [7, 11) is 0. The van der Waals surface area contributed by atoms with Gasteiger partial charge in [0.25, 0.3) is 11.8 Å². The number of ketones is 1. The van der Waals surface area contributed by atoms with Gasteiger partial charge in [0, 0.05) is 21.8 Å². The molecule has 9 heteroatoms. The second kappa shape index (κ2) is 12.3. The molecule has 0 aromatic heterocycles. The molecule has 4 aromatic rings. The quantitative estimate of drug-likeness (QED) is 0.272. The third-order valence-electron chi connectivity index (χ3n) is 7.06. The zero-order chi connectivity index (χ0) is 29.8. The van der Waals surface area contributed by atoms with Crippen LogP contribution in [0.5, 0.6) is 0 Å². The topological polar surface area (TPSA) is 98.8 Å². The number of amides is 4. The lowest BCUT2D eigenvalue weighted by Gasteiger charge is -2.25. The molecular formula is C33H29ClN4O4. The minimum Gasteiger partial charge on any atom is -0.324 e. The van der Waals surface area contributed by atoms with E-state index < -0.39 is 18.0 Å². The van der Waals surface area contributed by atoms with Gasteiger partial charge in [-0.1, -0.05) is 60.1 Å². The van der Waals surface area contributed by atoms with Gasteiger partial charge in [0.2, 0.25) is 0 Å². The number of urea groups is 1. The largest absolute Gasteiger partial charge is 0.324 e. The third-order valence-corrected chi connectivity index (χ3v) is 7.31. The summed E-state index contributed by atoms with van der Waals surface area (Å²) in [5.41, 5.74) is 3.95. The summed E-state index contributed by atoms with van der Waals surface area (Å²) in [6, 6.07) is 26.0. The highest BCUT2D eigenvalue weighted by Gasteiger charge is 2.38. The Kier molecular flexibility index (Phi) is 8.36. The van der Waals surface area contributed by atoms with Crippen molar-refractivity contribution < 1.29 is 19.2 Å². The van der Waals surface area contributed by atoms with E-state index in [2.05, 4.69) is 10.6 Å². The molecule has 0 radical (unpaired) electrons. The van der Waals surface area contributed by atoms with E-state index in [1.165, 1.54) is 9.80 Å². The zero-order valence-corrected chi connectivity index (χ0v) is 23.9. The molecule has 212 valence electrons. The predicted molar refractivity (Wildman–Crippen MR) is 165 cm³/mol. The molecule has 4 aromatic carbocycles. The molecule has 0 bridgehead atoms. The van der Waals surface area contributed by atoms with E-state index in [0.717, 1.165) is 11.1 Å². The van der Waals surface area contributed by atoms with Crippen molar-refractivity contribution in [1.82, 2.24) is 5.32 Å². The normalized spacial score (nSPS) is 14.5. The number of nitrogens with one attached hydrogen (secondary N) is 2. The summed E-state index contributed by atoms with van der Waals surface area (Å²) in [6.07, 6.45) is 0. The van der Waals surface area contributed by atoms with E-state index in [9.17, 15) is 19.2 Å². The Hall–Kier alpha value is -4.95. The highest BCUT2D eigenvalue weighted by molar-refractivity contribution is 6.30. The molecule has 0 fully saturated rings. The first-order valence-corrected chi connectivity index (χ1v) is 13.8. The molecule has 0 spiro atoms. The first-order chi connectivity index (χ1) is 20.2. The number of aryl methyl sites for hydroxylation is 2. The molecule has 8 nitrogen and oxygen atoms in total. The minimum absolute atomic E-state index is 0.159. The average Bonchev–Trinajstić information content (AvgIpc) is 3.08. The van der Waals surface area contributed by atoms with Crippen molar-refractivity contribution >= 4 is 52.3 Å². The number of fused-ring (bicyclic) bond motifs is 1. The highest BCUT2D eigenvalue weighted by Crippen LogP contribution is 2.34. The van der Waals surface area contributed by atoms with Crippen molar-refractivity contribution in [3.63, 3.8) is 0 Å². The minimum atomic E-state index is -1.16. The van der Waals surface area contributed by atoms with Crippen LogP contribution in [0.25, 0.3) is 0 Å². The van der Waals surface area contributed by atoms with Gasteiger partial charge in [0.05, 0.1) is 24.5 Å². The molecule has 2 N–H and O–H groups in total. The fraction of sp³-hybridized carbons (Fsp3) is 0.152. The molecule has 0 aliphatic carbocycles. The second-order valence-electron chi connectivity index (χ2n) is 10.1. The van der Waals surface area contributed by atoms with Crippen molar-refractivity contribution in [3.8, 4) is 0 Å². The molecular weight excluding hydrogens is 552 g/mol. The Labute approximate surface area is 248 Å². The molecule has 1 atom stereocenters. The number of hydrogen-bond acceptors (Lipinski definition) is 4. The molecule has 1 unspecified atom stereocenters. The number of halogens is 1. The van der Waals surface area contributed by atoms with E-state index in [-0.39, 0.29) is 24.8 Å². The molecule has 1 aliphatic rings. The van der Waals surface area contributed by atoms with Gasteiger partial charge in [-0.25, -0.2) is 4.79 Å². The Morgan fingerprint density at radius 3 is 2.26 bits per heavy atom. The van der Waals surface area contributed by atoms with Gasteiger partial charge < -0.3 is 20.4 Å². The maximum atomic E-state index is 14.1. The van der Waals surface area contributed by atoms with Gasteiger partial charge >= 0.3 is 6.03 Å². The Bertz CT molecular complexity index is 1670. The Balaban J connectivity index is 1.53. The van der Waals surface area contributed by atoms with Crippen LogP contribution >= 0.6 is 11.6 Å². The number of benzene rings is 4. The van der Waals surface area contributed by atoms with Gasteiger partial charge in [-0.2, -0.15) is 0 Å². The van der Waals surface area contributed by atoms with Crippen LogP contribution in [0.3, 0.4) is 0 Å². The smallest absolute Gasteiger partial charge is 0.319 e. The fourth-order valence-corrected chi connectivity index (χ4v) is 5.09. The van der Waals surface area contributed by atoms with Crippen molar-refractivity contribution in [3.05, 3.63) is 124 Å². The second-order valence-corrected chi connectivity index (χ2v) is 10.5. The van der Waals surface area contributed by atoms with Crippen LogP contribution in [0.15, 0.2) is 97.1 Å². The lowest BCUT2D eigenvalue weighted by atomic mass is 10.0. The van der Waals surface area contributed by atoms with Gasteiger partial charge in [-0.3, -0.25) is 14.4 Å². The maximum absolute atomic E-state index is 14.1. The summed E-state index contributed by atoms with van der Waals surface area (Å²) in [4.78, 5) is 57.4. The zero-order valence-electron chi connectivity index (χ0n) is 23.1. The first-order valence-electron chi connectivity index (χ1n) is 13.4. The van der Waals surface area contributed by atoms with Crippen LogP contribution in [0.1, 0.15) is 31.8 Å². The number of anilines is 3. The lowest BCUT2D eigenvalue weighted by Crippen LogP contribution is -2.54. The fourth-order valence-electron chi connectivity index (χ4n) is 4.96. The van der Waals surface area contributed by atoms with Gasteiger partial charge in [0.1, 0.15) is 6.04 Å².